The molecular weight excluding hydrogens is 435 g/mol. The van der Waals surface area contributed by atoms with Crippen molar-refractivity contribution < 1.29 is 37.0 Å². The van der Waals surface area contributed by atoms with E-state index in [-0.39, 0.29) is 18.4 Å². The van der Waals surface area contributed by atoms with Crippen molar-refractivity contribution in [2.24, 2.45) is 7.05 Å². The van der Waals surface area contributed by atoms with E-state index in [1.807, 2.05) is 30.8 Å². The Labute approximate surface area is 182 Å². The van der Waals surface area contributed by atoms with Gasteiger partial charge >= 0.3 is 12.1 Å². The molecule has 32 heavy (non-hydrogen) atoms. The summed E-state index contributed by atoms with van der Waals surface area (Å²) in [6.07, 6.45) is -5.08. The fourth-order valence-corrected chi connectivity index (χ4v) is 3.15. The lowest BCUT2D eigenvalue weighted by molar-refractivity contribution is -0.192. The molecule has 2 aromatic heterocycles. The van der Waals surface area contributed by atoms with E-state index in [4.69, 9.17) is 19.1 Å². The van der Waals surface area contributed by atoms with Gasteiger partial charge < -0.3 is 19.2 Å². The molecule has 1 N–H and O–H groups in total. The van der Waals surface area contributed by atoms with Crippen molar-refractivity contribution in [3.63, 3.8) is 0 Å². The van der Waals surface area contributed by atoms with Crippen molar-refractivity contribution in [1.82, 2.24) is 24.8 Å². The summed E-state index contributed by atoms with van der Waals surface area (Å²) in [5, 5.41) is 15.6. The first-order valence-electron chi connectivity index (χ1n) is 9.62. The molecule has 0 radical (unpaired) electrons. The molecule has 3 rings (SSSR count). The molecule has 2 aromatic rings. The SMILES string of the molecule is Cc1ccc(CN2Cc3nnn(C)c3C(COCC(=O)N(C)C)C2)o1.O=C(O)C(F)(F)F. The molecule has 1 unspecified atom stereocenters. The van der Waals surface area contributed by atoms with Gasteiger partial charge in [-0.3, -0.25) is 14.4 Å². The largest absolute Gasteiger partial charge is 0.490 e. The molecule has 10 nitrogen and oxygen atoms in total. The number of ether oxygens (including phenoxy) is 1. The van der Waals surface area contributed by atoms with Crippen LogP contribution in [0.3, 0.4) is 0 Å². The van der Waals surface area contributed by atoms with Crippen LogP contribution in [0.15, 0.2) is 16.5 Å². The van der Waals surface area contributed by atoms with Crippen LogP contribution in [-0.2, 0) is 34.5 Å². The second-order valence-electron chi connectivity index (χ2n) is 7.53. The molecule has 1 amide bonds. The Balaban J connectivity index is 0.000000451. The van der Waals surface area contributed by atoms with Gasteiger partial charge in [-0.05, 0) is 19.1 Å². The fourth-order valence-electron chi connectivity index (χ4n) is 3.15. The summed E-state index contributed by atoms with van der Waals surface area (Å²) in [7, 11) is 5.35. The molecule has 1 aliphatic heterocycles. The number of furan rings is 1. The van der Waals surface area contributed by atoms with Crippen molar-refractivity contribution in [3.8, 4) is 0 Å². The molecule has 0 saturated heterocycles. The number of carboxylic acid groups (broad SMARTS) is 1. The summed E-state index contributed by atoms with van der Waals surface area (Å²) in [4.78, 5) is 24.4. The maximum absolute atomic E-state index is 11.7. The highest BCUT2D eigenvalue weighted by Gasteiger charge is 2.38. The van der Waals surface area contributed by atoms with Crippen molar-refractivity contribution in [2.45, 2.75) is 32.1 Å². The number of amides is 1. The minimum Gasteiger partial charge on any atom is -0.475 e. The number of alkyl halides is 3. The number of fused-ring (bicyclic) bond motifs is 1. The standard InChI is InChI=1S/C17H25N5O3.C2HF3O2/c1-12-5-6-14(25-12)8-22-7-13(10-24-11-16(23)20(2)3)17-15(9-22)18-19-21(17)4;3-2(4,5)1(6)7/h5-6,13H,7-11H2,1-4H3;(H,6,7). The van der Waals surface area contributed by atoms with Crippen LogP contribution in [0.2, 0.25) is 0 Å². The summed E-state index contributed by atoms with van der Waals surface area (Å²) in [5.41, 5.74) is 2.05. The highest BCUT2D eigenvalue weighted by Crippen LogP contribution is 2.28. The van der Waals surface area contributed by atoms with Crippen LogP contribution in [0.5, 0.6) is 0 Å². The van der Waals surface area contributed by atoms with Crippen molar-refractivity contribution in [1.29, 1.82) is 0 Å². The normalized spacial score (nSPS) is 16.2. The van der Waals surface area contributed by atoms with Gasteiger partial charge in [0.1, 0.15) is 23.8 Å². The number of carbonyl (C=O) groups excluding carboxylic acids is 1. The first kappa shape index (κ1) is 25.3. The zero-order chi connectivity index (χ0) is 24.1. The van der Waals surface area contributed by atoms with E-state index >= 15 is 0 Å². The molecule has 1 atom stereocenters. The Bertz CT molecular complexity index is 925. The minimum atomic E-state index is -5.08. The summed E-state index contributed by atoms with van der Waals surface area (Å²) in [5.74, 6) is -0.828. The van der Waals surface area contributed by atoms with E-state index in [0.717, 1.165) is 42.5 Å². The van der Waals surface area contributed by atoms with Crippen LogP contribution < -0.4 is 0 Å². The lowest BCUT2D eigenvalue weighted by Crippen LogP contribution is -2.36. The van der Waals surface area contributed by atoms with Gasteiger partial charge in [-0.25, -0.2) is 4.79 Å². The van der Waals surface area contributed by atoms with Crippen LogP contribution in [0.4, 0.5) is 13.2 Å². The number of likely N-dealkylation sites (N-methyl/N-ethyl adjacent to an activating group) is 1. The van der Waals surface area contributed by atoms with Gasteiger partial charge in [-0.2, -0.15) is 13.2 Å². The summed E-state index contributed by atoms with van der Waals surface area (Å²) in [6, 6.07) is 3.98. The highest BCUT2D eigenvalue weighted by molar-refractivity contribution is 5.76. The van der Waals surface area contributed by atoms with E-state index in [9.17, 15) is 18.0 Å². The number of carbonyl (C=O) groups is 2. The van der Waals surface area contributed by atoms with Crippen LogP contribution in [-0.4, -0.2) is 81.8 Å². The molecule has 0 aromatic carbocycles. The zero-order valence-electron chi connectivity index (χ0n) is 18.2. The monoisotopic (exact) mass is 461 g/mol. The maximum Gasteiger partial charge on any atom is 0.490 e. The first-order chi connectivity index (χ1) is 14.9. The molecule has 178 valence electrons. The van der Waals surface area contributed by atoms with Gasteiger partial charge in [0.25, 0.3) is 0 Å². The van der Waals surface area contributed by atoms with E-state index in [1.165, 1.54) is 4.90 Å². The summed E-state index contributed by atoms with van der Waals surface area (Å²) < 4.78 is 44.9. The third kappa shape index (κ3) is 7.05. The van der Waals surface area contributed by atoms with Crippen molar-refractivity contribution >= 4 is 11.9 Å². The second-order valence-corrected chi connectivity index (χ2v) is 7.53. The number of hydrogen-bond donors (Lipinski definition) is 1. The lowest BCUT2D eigenvalue weighted by Gasteiger charge is -2.31. The topological polar surface area (TPSA) is 114 Å². The molecule has 0 aliphatic carbocycles. The molecule has 0 bridgehead atoms. The van der Waals surface area contributed by atoms with Crippen molar-refractivity contribution in [2.75, 3.05) is 33.9 Å². The predicted molar refractivity (Wildman–Crippen MR) is 105 cm³/mol. The average molecular weight is 461 g/mol. The van der Waals surface area contributed by atoms with Crippen LogP contribution in [0.1, 0.15) is 28.8 Å². The van der Waals surface area contributed by atoms with E-state index < -0.39 is 12.1 Å². The Kier molecular flexibility index (Phi) is 8.38. The zero-order valence-corrected chi connectivity index (χ0v) is 18.2. The number of aryl methyl sites for hydroxylation is 2. The molecule has 0 spiro atoms. The van der Waals surface area contributed by atoms with Crippen LogP contribution >= 0.6 is 0 Å². The number of rotatable bonds is 6. The predicted octanol–water partition coefficient (Wildman–Crippen LogP) is 1.55. The Morgan fingerprint density at radius 3 is 2.53 bits per heavy atom. The number of carboxylic acids is 1. The third-order valence-corrected chi connectivity index (χ3v) is 4.64. The van der Waals surface area contributed by atoms with Gasteiger partial charge in [0.05, 0.1) is 18.8 Å². The van der Waals surface area contributed by atoms with Gasteiger partial charge in [0.2, 0.25) is 5.91 Å². The molecule has 13 heteroatoms. The van der Waals surface area contributed by atoms with Gasteiger partial charge in [-0.1, -0.05) is 5.21 Å². The molecule has 1 aliphatic rings. The van der Waals surface area contributed by atoms with E-state index in [0.29, 0.717) is 6.61 Å². The third-order valence-electron chi connectivity index (χ3n) is 4.64. The molecule has 3 heterocycles. The fraction of sp³-hybridized carbons (Fsp3) is 0.579. The number of aliphatic carboxylic acids is 1. The highest BCUT2D eigenvalue weighted by atomic mass is 19.4. The molecular formula is C19H26F3N5O5. The Hall–Kier alpha value is -2.93. The van der Waals surface area contributed by atoms with Gasteiger partial charge in [-0.15, -0.1) is 5.10 Å². The van der Waals surface area contributed by atoms with Crippen LogP contribution in [0.25, 0.3) is 0 Å². The number of aromatic nitrogens is 3. The number of hydrogen-bond acceptors (Lipinski definition) is 7. The summed E-state index contributed by atoms with van der Waals surface area (Å²) in [6.45, 7) is 4.75. The van der Waals surface area contributed by atoms with Crippen LogP contribution in [0, 0.1) is 6.92 Å². The smallest absolute Gasteiger partial charge is 0.475 e. The number of nitrogens with zero attached hydrogens (tertiary/aromatic N) is 5. The minimum absolute atomic E-state index is 0.0397. The Morgan fingerprint density at radius 1 is 1.34 bits per heavy atom. The molecule has 0 saturated carbocycles. The second kappa shape index (κ2) is 10.6. The quantitative estimate of drug-likeness (QED) is 0.690. The van der Waals surface area contributed by atoms with E-state index in [1.54, 1.807) is 14.1 Å². The maximum atomic E-state index is 11.7. The van der Waals surface area contributed by atoms with Crippen molar-refractivity contribution in [3.05, 3.63) is 35.0 Å². The average Bonchev–Trinajstić information content (AvgIpc) is 3.26. The van der Waals surface area contributed by atoms with Gasteiger partial charge in [0, 0.05) is 40.2 Å². The van der Waals surface area contributed by atoms with E-state index in [2.05, 4.69) is 15.2 Å². The van der Waals surface area contributed by atoms with Gasteiger partial charge in [0.15, 0.2) is 0 Å². The number of halogens is 3. The Morgan fingerprint density at radius 2 is 2.00 bits per heavy atom. The summed E-state index contributed by atoms with van der Waals surface area (Å²) >= 11 is 0. The molecule has 0 fully saturated rings. The lowest BCUT2D eigenvalue weighted by atomic mass is 9.99. The first-order valence-corrected chi connectivity index (χ1v) is 9.62.